The molecule has 0 aromatic heterocycles. The zero-order valence-corrected chi connectivity index (χ0v) is 11.3. The van der Waals surface area contributed by atoms with Crippen LogP contribution in [0.15, 0.2) is 43.0 Å². The van der Waals surface area contributed by atoms with Crippen molar-refractivity contribution in [2.75, 3.05) is 0 Å². The topological polar surface area (TPSA) is 40.5 Å². The van der Waals surface area contributed by atoms with Crippen LogP contribution in [0.2, 0.25) is 0 Å². The van der Waals surface area contributed by atoms with Gasteiger partial charge in [-0.25, -0.2) is 0 Å². The summed E-state index contributed by atoms with van der Waals surface area (Å²) in [5, 5.41) is 20.1. The summed E-state index contributed by atoms with van der Waals surface area (Å²) in [6.45, 7) is 7.48. The third-order valence-electron chi connectivity index (χ3n) is 3.63. The van der Waals surface area contributed by atoms with E-state index in [9.17, 15) is 10.2 Å². The maximum absolute atomic E-state index is 10.1. The molecule has 100 valence electrons. The van der Waals surface area contributed by atoms with Crippen molar-refractivity contribution in [3.8, 4) is 0 Å². The van der Waals surface area contributed by atoms with Crippen LogP contribution in [-0.4, -0.2) is 22.4 Å². The van der Waals surface area contributed by atoms with Crippen LogP contribution in [0.25, 0.3) is 0 Å². The van der Waals surface area contributed by atoms with Crippen LogP contribution in [-0.2, 0) is 6.42 Å². The Kier molecular flexibility index (Phi) is 6.10. The molecule has 0 aliphatic carbocycles. The van der Waals surface area contributed by atoms with E-state index in [0.29, 0.717) is 6.42 Å². The van der Waals surface area contributed by atoms with Gasteiger partial charge in [-0.15, -0.1) is 6.58 Å². The molecule has 18 heavy (non-hydrogen) atoms. The molecule has 0 saturated carbocycles. The van der Waals surface area contributed by atoms with Crippen LogP contribution in [0, 0.1) is 11.8 Å². The van der Waals surface area contributed by atoms with Crippen molar-refractivity contribution in [1.82, 2.24) is 0 Å². The molecule has 2 N–H and O–H groups in total. The molecule has 2 heteroatoms. The average molecular weight is 248 g/mol. The van der Waals surface area contributed by atoms with E-state index in [2.05, 4.69) is 18.7 Å². The molecule has 1 aromatic rings. The van der Waals surface area contributed by atoms with Gasteiger partial charge in [-0.3, -0.25) is 0 Å². The zero-order chi connectivity index (χ0) is 13.5. The van der Waals surface area contributed by atoms with E-state index in [4.69, 9.17) is 0 Å². The molecule has 0 amide bonds. The zero-order valence-electron chi connectivity index (χ0n) is 11.3. The first kappa shape index (κ1) is 14.9. The Labute approximate surface area is 110 Å². The van der Waals surface area contributed by atoms with Crippen LogP contribution < -0.4 is 0 Å². The Morgan fingerprint density at radius 2 is 1.78 bits per heavy atom. The summed E-state index contributed by atoms with van der Waals surface area (Å²) in [6, 6.07) is 10.1. The van der Waals surface area contributed by atoms with Crippen LogP contribution in [0.3, 0.4) is 0 Å². The molecule has 4 atom stereocenters. The molecular weight excluding hydrogens is 224 g/mol. The first-order chi connectivity index (χ1) is 8.56. The van der Waals surface area contributed by atoms with Crippen LogP contribution in [0.5, 0.6) is 0 Å². The normalized spacial score (nSPS) is 17.8. The number of aliphatic hydroxyl groups is 2. The smallest absolute Gasteiger partial charge is 0.0650 e. The van der Waals surface area contributed by atoms with Crippen LogP contribution in [0.1, 0.15) is 25.8 Å². The number of benzene rings is 1. The third kappa shape index (κ3) is 4.28. The molecule has 2 nitrogen and oxygen atoms in total. The van der Waals surface area contributed by atoms with Gasteiger partial charge in [0.2, 0.25) is 0 Å². The highest BCUT2D eigenvalue weighted by Gasteiger charge is 2.25. The fraction of sp³-hybridized carbons (Fsp3) is 0.500. The number of aryl methyl sites for hydroxylation is 1. The lowest BCUT2D eigenvalue weighted by Crippen LogP contribution is -2.33. The van der Waals surface area contributed by atoms with Crippen molar-refractivity contribution in [3.63, 3.8) is 0 Å². The van der Waals surface area contributed by atoms with Gasteiger partial charge in [-0.2, -0.15) is 0 Å². The third-order valence-corrected chi connectivity index (χ3v) is 3.63. The van der Waals surface area contributed by atoms with E-state index in [1.807, 2.05) is 32.0 Å². The second-order valence-corrected chi connectivity index (χ2v) is 5.04. The van der Waals surface area contributed by atoms with E-state index < -0.39 is 12.2 Å². The molecule has 0 saturated heterocycles. The van der Waals surface area contributed by atoms with Gasteiger partial charge in [0.25, 0.3) is 0 Å². The van der Waals surface area contributed by atoms with Crippen molar-refractivity contribution < 1.29 is 10.2 Å². The Morgan fingerprint density at radius 3 is 2.33 bits per heavy atom. The Bertz CT molecular complexity index is 347. The van der Waals surface area contributed by atoms with Gasteiger partial charge in [0, 0.05) is 11.8 Å². The summed E-state index contributed by atoms with van der Waals surface area (Å²) in [6.07, 6.45) is 2.22. The highest BCUT2D eigenvalue weighted by atomic mass is 16.3. The monoisotopic (exact) mass is 248 g/mol. The molecule has 0 bridgehead atoms. The molecule has 1 aromatic carbocycles. The number of aliphatic hydroxyl groups excluding tert-OH is 2. The fourth-order valence-corrected chi connectivity index (χ4v) is 2.07. The highest BCUT2D eigenvalue weighted by Crippen LogP contribution is 2.20. The second kappa shape index (κ2) is 7.34. The number of rotatable bonds is 7. The Hall–Kier alpha value is -1.12. The molecule has 0 unspecified atom stereocenters. The molecule has 0 fully saturated rings. The first-order valence-electron chi connectivity index (χ1n) is 6.59. The molecule has 1 rings (SSSR count). The van der Waals surface area contributed by atoms with E-state index in [0.717, 1.165) is 6.42 Å². The summed E-state index contributed by atoms with van der Waals surface area (Å²) in [5.74, 6) is -0.131. The number of hydrogen-bond donors (Lipinski definition) is 2. The molecule has 0 aliphatic heterocycles. The predicted molar refractivity (Wildman–Crippen MR) is 75.3 cm³/mol. The fourth-order valence-electron chi connectivity index (χ4n) is 2.07. The summed E-state index contributed by atoms with van der Waals surface area (Å²) >= 11 is 0. The van der Waals surface area contributed by atoms with Gasteiger partial charge in [-0.1, -0.05) is 50.3 Å². The largest absolute Gasteiger partial charge is 0.393 e. The Morgan fingerprint density at radius 1 is 1.17 bits per heavy atom. The van der Waals surface area contributed by atoms with E-state index in [1.54, 1.807) is 6.08 Å². The summed E-state index contributed by atoms with van der Waals surface area (Å²) in [5.41, 5.74) is 1.22. The van der Waals surface area contributed by atoms with Gasteiger partial charge in [0.05, 0.1) is 12.2 Å². The van der Waals surface area contributed by atoms with E-state index >= 15 is 0 Å². The standard InChI is InChI=1S/C16H24O2/c1-4-12(2)16(18)13(3)15(17)11-10-14-8-6-5-7-9-14/h4-9,12-13,15-18H,1,10-11H2,2-3H3/t12-,13+,15+,16-/m1/s1. The summed E-state index contributed by atoms with van der Waals surface area (Å²) < 4.78 is 0. The minimum Gasteiger partial charge on any atom is -0.393 e. The van der Waals surface area contributed by atoms with Crippen molar-refractivity contribution in [3.05, 3.63) is 48.6 Å². The van der Waals surface area contributed by atoms with E-state index in [1.165, 1.54) is 5.56 Å². The van der Waals surface area contributed by atoms with Crippen LogP contribution in [0.4, 0.5) is 0 Å². The minimum atomic E-state index is -0.534. The first-order valence-corrected chi connectivity index (χ1v) is 6.59. The quantitative estimate of drug-likeness (QED) is 0.728. The lowest BCUT2D eigenvalue weighted by atomic mass is 9.87. The lowest BCUT2D eigenvalue weighted by Gasteiger charge is -2.27. The molecule has 0 heterocycles. The minimum absolute atomic E-state index is 0.00590. The van der Waals surface area contributed by atoms with Gasteiger partial charge in [0.15, 0.2) is 0 Å². The molecule has 0 radical (unpaired) electrons. The van der Waals surface area contributed by atoms with Gasteiger partial charge >= 0.3 is 0 Å². The molecular formula is C16H24O2. The lowest BCUT2D eigenvalue weighted by molar-refractivity contribution is 0.000831. The maximum atomic E-state index is 10.1. The Balaban J connectivity index is 2.45. The van der Waals surface area contributed by atoms with Crippen molar-refractivity contribution in [1.29, 1.82) is 0 Å². The van der Waals surface area contributed by atoms with Crippen molar-refractivity contribution in [2.24, 2.45) is 11.8 Å². The number of hydrogen-bond acceptors (Lipinski definition) is 2. The highest BCUT2D eigenvalue weighted by molar-refractivity contribution is 5.14. The molecule has 0 spiro atoms. The average Bonchev–Trinajstić information content (AvgIpc) is 2.43. The van der Waals surface area contributed by atoms with Crippen molar-refractivity contribution in [2.45, 2.75) is 38.9 Å². The second-order valence-electron chi connectivity index (χ2n) is 5.04. The van der Waals surface area contributed by atoms with Gasteiger partial charge < -0.3 is 10.2 Å². The van der Waals surface area contributed by atoms with Gasteiger partial charge in [0.1, 0.15) is 0 Å². The SMILES string of the molecule is C=C[C@@H](C)[C@@H](O)[C@@H](C)[C@@H](O)CCc1ccccc1. The van der Waals surface area contributed by atoms with E-state index in [-0.39, 0.29) is 11.8 Å². The summed E-state index contributed by atoms with van der Waals surface area (Å²) in [7, 11) is 0. The van der Waals surface area contributed by atoms with Crippen molar-refractivity contribution >= 4 is 0 Å². The van der Waals surface area contributed by atoms with Gasteiger partial charge in [-0.05, 0) is 18.4 Å². The maximum Gasteiger partial charge on any atom is 0.0650 e. The summed E-state index contributed by atoms with van der Waals surface area (Å²) in [4.78, 5) is 0. The predicted octanol–water partition coefficient (Wildman–Crippen LogP) is 2.80. The van der Waals surface area contributed by atoms with Crippen LogP contribution >= 0.6 is 0 Å². The molecule has 0 aliphatic rings.